The predicted octanol–water partition coefficient (Wildman–Crippen LogP) is 4.15. The summed E-state index contributed by atoms with van der Waals surface area (Å²) in [7, 11) is 0. The molecule has 0 spiro atoms. The Morgan fingerprint density at radius 1 is 1.17 bits per heavy atom. The molecule has 0 bridgehead atoms. The van der Waals surface area contributed by atoms with E-state index in [9.17, 15) is 9.18 Å². The molecule has 1 N–H and O–H groups in total. The Labute approximate surface area is 143 Å². The van der Waals surface area contributed by atoms with Crippen LogP contribution in [-0.4, -0.2) is 26.7 Å². The van der Waals surface area contributed by atoms with Gasteiger partial charge in [-0.2, -0.15) is 0 Å². The molecule has 122 valence electrons. The minimum atomic E-state index is -0.364. The summed E-state index contributed by atoms with van der Waals surface area (Å²) in [4.78, 5) is 16.4. The van der Waals surface area contributed by atoms with Gasteiger partial charge in [-0.1, -0.05) is 55.1 Å². The Morgan fingerprint density at radius 3 is 2.62 bits per heavy atom. The van der Waals surface area contributed by atoms with Crippen molar-refractivity contribution >= 4 is 17.5 Å². The van der Waals surface area contributed by atoms with E-state index in [0.29, 0.717) is 22.1 Å². The van der Waals surface area contributed by atoms with E-state index >= 15 is 0 Å². The minimum Gasteiger partial charge on any atom is -0.293 e. The van der Waals surface area contributed by atoms with Crippen LogP contribution in [0.25, 0.3) is 11.4 Å². The molecular formula is C18H16FN3OS. The summed E-state index contributed by atoms with van der Waals surface area (Å²) < 4.78 is 13.7. The Morgan fingerprint density at radius 2 is 1.92 bits per heavy atom. The topological polar surface area (TPSA) is 58.6 Å². The van der Waals surface area contributed by atoms with Gasteiger partial charge in [-0.25, -0.2) is 9.37 Å². The zero-order chi connectivity index (χ0) is 16.9. The normalized spacial score (nSPS) is 10.8. The largest absolute Gasteiger partial charge is 0.293 e. The second kappa shape index (κ2) is 7.40. The highest BCUT2D eigenvalue weighted by Crippen LogP contribution is 2.22. The molecular weight excluding hydrogens is 325 g/mol. The van der Waals surface area contributed by atoms with E-state index < -0.39 is 0 Å². The number of carbonyl (C=O) groups excluding carboxylic acids is 1. The van der Waals surface area contributed by atoms with Gasteiger partial charge in [-0.3, -0.25) is 9.89 Å². The molecule has 1 aromatic heterocycles. The number of carbonyl (C=O) groups is 1. The maximum atomic E-state index is 13.7. The fraction of sp³-hybridized carbons (Fsp3) is 0.167. The Hall–Kier alpha value is -2.47. The highest BCUT2D eigenvalue weighted by Gasteiger charge is 2.12. The number of halogens is 1. The number of hydrogen-bond acceptors (Lipinski definition) is 4. The number of hydrogen-bond donors (Lipinski definition) is 1. The van der Waals surface area contributed by atoms with Crippen molar-refractivity contribution in [3.63, 3.8) is 0 Å². The Balaban J connectivity index is 1.65. The summed E-state index contributed by atoms with van der Waals surface area (Å²) in [6.07, 6.45) is 0.944. The van der Waals surface area contributed by atoms with Crippen molar-refractivity contribution in [2.24, 2.45) is 0 Å². The molecule has 2 aromatic carbocycles. The number of ketones is 1. The van der Waals surface area contributed by atoms with Crippen molar-refractivity contribution in [1.29, 1.82) is 0 Å². The summed E-state index contributed by atoms with van der Waals surface area (Å²) in [5.74, 6) is 0.243. The summed E-state index contributed by atoms with van der Waals surface area (Å²) >= 11 is 1.23. The molecule has 0 aliphatic heterocycles. The van der Waals surface area contributed by atoms with Crippen LogP contribution in [0.2, 0.25) is 0 Å². The van der Waals surface area contributed by atoms with Crippen molar-refractivity contribution < 1.29 is 9.18 Å². The molecule has 0 amide bonds. The first-order chi connectivity index (χ1) is 11.7. The number of H-pyrrole nitrogens is 1. The first-order valence-electron chi connectivity index (χ1n) is 7.59. The fourth-order valence-corrected chi connectivity index (χ4v) is 2.92. The molecule has 0 unspecified atom stereocenters. The number of aromatic amines is 1. The van der Waals surface area contributed by atoms with E-state index in [1.54, 1.807) is 18.2 Å². The molecule has 1 heterocycles. The molecule has 24 heavy (non-hydrogen) atoms. The van der Waals surface area contributed by atoms with Gasteiger partial charge in [0.15, 0.2) is 11.6 Å². The SMILES string of the molecule is CCc1ccc(C(=O)CSc2n[nH]c(-c3ccccc3F)n2)cc1. The third-order valence-corrected chi connectivity index (χ3v) is 4.46. The molecule has 3 aromatic rings. The number of thioether (sulfide) groups is 1. The quantitative estimate of drug-likeness (QED) is 0.540. The molecule has 0 fully saturated rings. The minimum absolute atomic E-state index is 0.0138. The van der Waals surface area contributed by atoms with Crippen LogP contribution in [-0.2, 0) is 6.42 Å². The molecule has 0 saturated heterocycles. The first-order valence-corrected chi connectivity index (χ1v) is 8.58. The van der Waals surface area contributed by atoms with Crippen molar-refractivity contribution in [3.05, 3.63) is 65.5 Å². The van der Waals surface area contributed by atoms with Gasteiger partial charge in [0.05, 0.1) is 11.3 Å². The molecule has 0 aliphatic rings. The highest BCUT2D eigenvalue weighted by atomic mass is 32.2. The summed E-state index contributed by atoms with van der Waals surface area (Å²) in [6.45, 7) is 2.07. The van der Waals surface area contributed by atoms with Crippen LogP contribution in [0.5, 0.6) is 0 Å². The average molecular weight is 341 g/mol. The molecule has 4 nitrogen and oxygen atoms in total. The first kappa shape index (κ1) is 16.4. The van der Waals surface area contributed by atoms with Gasteiger partial charge >= 0.3 is 0 Å². The summed E-state index contributed by atoms with van der Waals surface area (Å²) in [6, 6.07) is 13.9. The zero-order valence-corrected chi connectivity index (χ0v) is 13.9. The monoisotopic (exact) mass is 341 g/mol. The van der Waals surface area contributed by atoms with Crippen LogP contribution in [0, 0.1) is 5.82 Å². The third kappa shape index (κ3) is 3.71. The number of Topliss-reactive ketones (excluding diaryl/α,β-unsaturated/α-hetero) is 1. The van der Waals surface area contributed by atoms with Crippen molar-refractivity contribution in [3.8, 4) is 11.4 Å². The van der Waals surface area contributed by atoms with Crippen molar-refractivity contribution in [1.82, 2.24) is 15.2 Å². The number of nitrogens with zero attached hydrogens (tertiary/aromatic N) is 2. The van der Waals surface area contributed by atoms with Crippen LogP contribution < -0.4 is 0 Å². The van der Waals surface area contributed by atoms with Crippen molar-refractivity contribution in [2.45, 2.75) is 18.5 Å². The van der Waals surface area contributed by atoms with E-state index in [4.69, 9.17) is 0 Å². The van der Waals surface area contributed by atoms with Crippen LogP contribution in [0.3, 0.4) is 0 Å². The predicted molar refractivity (Wildman–Crippen MR) is 92.7 cm³/mol. The lowest BCUT2D eigenvalue weighted by molar-refractivity contribution is 0.102. The molecule has 6 heteroatoms. The van der Waals surface area contributed by atoms with Crippen LogP contribution in [0.1, 0.15) is 22.8 Å². The van der Waals surface area contributed by atoms with Gasteiger partial charge in [0, 0.05) is 5.56 Å². The van der Waals surface area contributed by atoms with E-state index in [2.05, 4.69) is 22.1 Å². The lowest BCUT2D eigenvalue weighted by atomic mass is 10.1. The molecule has 0 atom stereocenters. The van der Waals surface area contributed by atoms with E-state index in [1.807, 2.05) is 24.3 Å². The number of benzene rings is 2. The van der Waals surface area contributed by atoms with Gasteiger partial charge < -0.3 is 0 Å². The average Bonchev–Trinajstić information content (AvgIpc) is 3.09. The van der Waals surface area contributed by atoms with Gasteiger partial charge in [0.25, 0.3) is 0 Å². The van der Waals surface area contributed by atoms with Gasteiger partial charge in [0.2, 0.25) is 5.16 Å². The van der Waals surface area contributed by atoms with Gasteiger partial charge in [-0.15, -0.1) is 5.10 Å². The van der Waals surface area contributed by atoms with E-state index in [0.717, 1.165) is 6.42 Å². The fourth-order valence-electron chi connectivity index (χ4n) is 2.22. The van der Waals surface area contributed by atoms with E-state index in [-0.39, 0.29) is 17.4 Å². The number of nitrogens with one attached hydrogen (secondary N) is 1. The van der Waals surface area contributed by atoms with Crippen LogP contribution in [0.15, 0.2) is 53.7 Å². The van der Waals surface area contributed by atoms with Gasteiger partial charge in [0.1, 0.15) is 5.82 Å². The Kier molecular flexibility index (Phi) is 5.05. The second-order valence-electron chi connectivity index (χ2n) is 5.21. The number of rotatable bonds is 6. The van der Waals surface area contributed by atoms with Gasteiger partial charge in [-0.05, 0) is 24.1 Å². The number of aryl methyl sites for hydroxylation is 1. The summed E-state index contributed by atoms with van der Waals surface area (Å²) in [5, 5.41) is 7.17. The number of aromatic nitrogens is 3. The van der Waals surface area contributed by atoms with E-state index in [1.165, 1.54) is 23.4 Å². The lowest BCUT2D eigenvalue weighted by Gasteiger charge is -2.01. The standard InChI is InChI=1S/C18H16FN3OS/c1-2-12-7-9-13(10-8-12)16(23)11-24-18-20-17(21-22-18)14-5-3-4-6-15(14)19/h3-10H,2,11H2,1H3,(H,20,21,22). The molecule has 3 rings (SSSR count). The van der Waals surface area contributed by atoms with Crippen molar-refractivity contribution in [2.75, 3.05) is 5.75 Å². The Bertz CT molecular complexity index is 845. The molecule has 0 aliphatic carbocycles. The maximum Gasteiger partial charge on any atom is 0.209 e. The zero-order valence-electron chi connectivity index (χ0n) is 13.1. The van der Waals surface area contributed by atoms with Crippen LogP contribution >= 0.6 is 11.8 Å². The maximum absolute atomic E-state index is 13.7. The summed E-state index contributed by atoms with van der Waals surface area (Å²) in [5.41, 5.74) is 2.23. The third-order valence-electron chi connectivity index (χ3n) is 3.61. The van der Waals surface area contributed by atoms with Crippen LogP contribution in [0.4, 0.5) is 4.39 Å². The smallest absolute Gasteiger partial charge is 0.209 e. The highest BCUT2D eigenvalue weighted by molar-refractivity contribution is 7.99. The second-order valence-corrected chi connectivity index (χ2v) is 6.15. The molecule has 0 saturated carbocycles. The molecule has 0 radical (unpaired) electrons. The lowest BCUT2D eigenvalue weighted by Crippen LogP contribution is -2.02.